The highest BCUT2D eigenvalue weighted by Gasteiger charge is 2.46. The van der Waals surface area contributed by atoms with Crippen LogP contribution in [0.25, 0.3) is 0 Å². The zero-order chi connectivity index (χ0) is 14.6. The molecule has 1 aromatic rings. The summed E-state index contributed by atoms with van der Waals surface area (Å²) in [5.41, 5.74) is -0.444. The van der Waals surface area contributed by atoms with Gasteiger partial charge in [0, 0.05) is 18.3 Å². The standard InChI is InChI=1S/C14H17N3O3/c1-3-20-12(18)14(2)9-10-15-17(14)13(19)16-11-7-5-4-6-8-11/h4-8,10H,3,9H2,1-2H3,(H,16,19)/t14-/m1/s1. The number of carbonyl (C=O) groups is 2. The van der Waals surface area contributed by atoms with Crippen LogP contribution in [0, 0.1) is 0 Å². The highest BCUT2D eigenvalue weighted by atomic mass is 16.5. The summed E-state index contributed by atoms with van der Waals surface area (Å²) in [7, 11) is 0. The first-order valence-electron chi connectivity index (χ1n) is 6.44. The number of hydrogen-bond acceptors (Lipinski definition) is 4. The predicted octanol–water partition coefficient (Wildman–Crippen LogP) is 2.23. The first-order chi connectivity index (χ1) is 9.58. The fourth-order valence-corrected chi connectivity index (χ4v) is 1.94. The zero-order valence-electron chi connectivity index (χ0n) is 11.5. The lowest BCUT2D eigenvalue weighted by atomic mass is 9.99. The third-order valence-electron chi connectivity index (χ3n) is 3.09. The summed E-state index contributed by atoms with van der Waals surface area (Å²) in [6.45, 7) is 3.64. The smallest absolute Gasteiger partial charge is 0.343 e. The van der Waals surface area contributed by atoms with E-state index in [0.717, 1.165) is 5.01 Å². The first kappa shape index (κ1) is 14.0. The van der Waals surface area contributed by atoms with Gasteiger partial charge in [0.25, 0.3) is 0 Å². The number of esters is 1. The molecule has 0 bridgehead atoms. The van der Waals surface area contributed by atoms with Gasteiger partial charge >= 0.3 is 12.0 Å². The van der Waals surface area contributed by atoms with Crippen LogP contribution >= 0.6 is 0 Å². The van der Waals surface area contributed by atoms with Crippen LogP contribution in [0.15, 0.2) is 35.4 Å². The van der Waals surface area contributed by atoms with Gasteiger partial charge in [-0.15, -0.1) is 0 Å². The van der Waals surface area contributed by atoms with Crippen molar-refractivity contribution in [2.75, 3.05) is 11.9 Å². The molecule has 0 unspecified atom stereocenters. The zero-order valence-corrected chi connectivity index (χ0v) is 11.5. The Kier molecular flexibility index (Phi) is 4.02. The van der Waals surface area contributed by atoms with Crippen molar-refractivity contribution in [2.24, 2.45) is 5.10 Å². The number of anilines is 1. The average Bonchev–Trinajstić information content (AvgIpc) is 2.84. The Hall–Kier alpha value is -2.37. The van der Waals surface area contributed by atoms with Gasteiger partial charge in [0.05, 0.1) is 6.61 Å². The minimum Gasteiger partial charge on any atom is -0.464 e. The number of benzene rings is 1. The summed E-state index contributed by atoms with van der Waals surface area (Å²) >= 11 is 0. The van der Waals surface area contributed by atoms with Crippen LogP contribution in [0.2, 0.25) is 0 Å². The van der Waals surface area contributed by atoms with E-state index < -0.39 is 17.5 Å². The van der Waals surface area contributed by atoms with Gasteiger partial charge in [-0.05, 0) is 26.0 Å². The maximum Gasteiger partial charge on any atom is 0.343 e. The number of urea groups is 1. The topological polar surface area (TPSA) is 71.0 Å². The number of hydrogen-bond donors (Lipinski definition) is 1. The van der Waals surface area contributed by atoms with Gasteiger partial charge in [-0.1, -0.05) is 18.2 Å². The third-order valence-corrected chi connectivity index (χ3v) is 3.09. The van der Waals surface area contributed by atoms with E-state index in [1.54, 1.807) is 32.2 Å². The number of nitrogens with one attached hydrogen (secondary N) is 1. The van der Waals surface area contributed by atoms with Crippen LogP contribution in [-0.4, -0.2) is 35.4 Å². The molecule has 1 N–H and O–H groups in total. The molecule has 0 spiro atoms. The van der Waals surface area contributed by atoms with Gasteiger partial charge in [-0.3, -0.25) is 0 Å². The molecule has 0 saturated heterocycles. The lowest BCUT2D eigenvalue weighted by Crippen LogP contribution is -2.51. The number of rotatable bonds is 3. The van der Waals surface area contributed by atoms with E-state index in [4.69, 9.17) is 4.74 Å². The quantitative estimate of drug-likeness (QED) is 0.860. The normalized spacial score (nSPS) is 20.8. The number of nitrogens with zero attached hydrogens (tertiary/aromatic N) is 2. The summed E-state index contributed by atoms with van der Waals surface area (Å²) in [4.78, 5) is 24.2. The van der Waals surface area contributed by atoms with Crippen LogP contribution in [0.1, 0.15) is 20.3 Å². The average molecular weight is 275 g/mol. The third kappa shape index (κ3) is 2.64. The maximum atomic E-state index is 12.2. The summed E-state index contributed by atoms with van der Waals surface area (Å²) in [5.74, 6) is -0.458. The molecule has 1 aliphatic rings. The minimum atomic E-state index is -1.09. The monoisotopic (exact) mass is 275 g/mol. The van der Waals surface area contributed by atoms with E-state index >= 15 is 0 Å². The van der Waals surface area contributed by atoms with Gasteiger partial charge in [-0.25, -0.2) is 9.59 Å². The molecule has 106 valence electrons. The fraction of sp³-hybridized carbons (Fsp3) is 0.357. The number of para-hydroxylation sites is 1. The van der Waals surface area contributed by atoms with Crippen molar-refractivity contribution >= 4 is 23.9 Å². The fourth-order valence-electron chi connectivity index (χ4n) is 1.94. The van der Waals surface area contributed by atoms with Crippen molar-refractivity contribution < 1.29 is 14.3 Å². The summed E-state index contributed by atoms with van der Waals surface area (Å²) in [6, 6.07) is 8.55. The number of amides is 2. The van der Waals surface area contributed by atoms with E-state index in [1.807, 2.05) is 18.2 Å². The second-order valence-corrected chi connectivity index (χ2v) is 4.60. The molecule has 20 heavy (non-hydrogen) atoms. The van der Waals surface area contributed by atoms with Crippen molar-refractivity contribution in [1.29, 1.82) is 0 Å². The first-order valence-corrected chi connectivity index (χ1v) is 6.44. The Morgan fingerprint density at radius 1 is 1.40 bits per heavy atom. The molecule has 1 aliphatic heterocycles. The molecule has 0 fully saturated rings. The van der Waals surface area contributed by atoms with Crippen LogP contribution < -0.4 is 5.32 Å². The van der Waals surface area contributed by atoms with Crippen LogP contribution in [0.4, 0.5) is 10.5 Å². The predicted molar refractivity (Wildman–Crippen MR) is 75.4 cm³/mol. The maximum absolute atomic E-state index is 12.2. The van der Waals surface area contributed by atoms with Crippen molar-refractivity contribution in [3.8, 4) is 0 Å². The molecule has 2 rings (SSSR count). The lowest BCUT2D eigenvalue weighted by molar-refractivity contribution is -0.153. The molecule has 1 atom stereocenters. The van der Waals surface area contributed by atoms with Crippen molar-refractivity contribution in [2.45, 2.75) is 25.8 Å². The molecule has 1 aromatic carbocycles. The van der Waals surface area contributed by atoms with Crippen LogP contribution in [-0.2, 0) is 9.53 Å². The summed E-state index contributed by atoms with van der Waals surface area (Å²) in [5, 5.41) is 7.82. The summed E-state index contributed by atoms with van der Waals surface area (Å²) in [6.07, 6.45) is 1.88. The van der Waals surface area contributed by atoms with E-state index in [-0.39, 0.29) is 6.61 Å². The van der Waals surface area contributed by atoms with E-state index in [1.165, 1.54) is 0 Å². The summed E-state index contributed by atoms with van der Waals surface area (Å²) < 4.78 is 5.02. The van der Waals surface area contributed by atoms with Crippen molar-refractivity contribution in [3.63, 3.8) is 0 Å². The number of ether oxygens (including phenoxy) is 1. The van der Waals surface area contributed by atoms with Crippen molar-refractivity contribution in [1.82, 2.24) is 5.01 Å². The largest absolute Gasteiger partial charge is 0.464 e. The van der Waals surface area contributed by atoms with Gasteiger partial charge < -0.3 is 10.1 Å². The molecule has 6 nitrogen and oxygen atoms in total. The van der Waals surface area contributed by atoms with E-state index in [9.17, 15) is 9.59 Å². The second kappa shape index (κ2) is 5.73. The van der Waals surface area contributed by atoms with E-state index in [0.29, 0.717) is 12.1 Å². The lowest BCUT2D eigenvalue weighted by Gasteiger charge is -2.30. The SMILES string of the molecule is CCOC(=O)[C@@]1(C)CC=NN1C(=O)Nc1ccccc1. The Labute approximate surface area is 117 Å². The molecular weight excluding hydrogens is 258 g/mol. The molecule has 6 heteroatoms. The number of carbonyl (C=O) groups excluding carboxylic acids is 2. The van der Waals surface area contributed by atoms with Gasteiger partial charge in [0.15, 0.2) is 5.54 Å². The molecule has 2 amide bonds. The van der Waals surface area contributed by atoms with Crippen molar-refractivity contribution in [3.05, 3.63) is 30.3 Å². The molecule has 0 radical (unpaired) electrons. The van der Waals surface area contributed by atoms with E-state index in [2.05, 4.69) is 10.4 Å². The Balaban J connectivity index is 2.12. The van der Waals surface area contributed by atoms with Crippen LogP contribution in [0.5, 0.6) is 0 Å². The minimum absolute atomic E-state index is 0.266. The Bertz CT molecular complexity index is 530. The molecule has 0 aromatic heterocycles. The molecule has 0 aliphatic carbocycles. The Morgan fingerprint density at radius 3 is 2.75 bits per heavy atom. The molecule has 1 heterocycles. The Morgan fingerprint density at radius 2 is 2.10 bits per heavy atom. The van der Waals surface area contributed by atoms with Gasteiger partial charge in [-0.2, -0.15) is 10.1 Å². The van der Waals surface area contributed by atoms with Gasteiger partial charge in [0.2, 0.25) is 0 Å². The highest BCUT2D eigenvalue weighted by Crippen LogP contribution is 2.26. The van der Waals surface area contributed by atoms with Gasteiger partial charge in [0.1, 0.15) is 0 Å². The second-order valence-electron chi connectivity index (χ2n) is 4.60. The molecule has 0 saturated carbocycles. The number of hydrazone groups is 1. The highest BCUT2D eigenvalue weighted by molar-refractivity contribution is 5.97. The van der Waals surface area contributed by atoms with Crippen LogP contribution in [0.3, 0.4) is 0 Å². The molecular formula is C14H17N3O3.